The van der Waals surface area contributed by atoms with Crippen molar-refractivity contribution >= 4 is 45.9 Å². The number of fused-ring (bicyclic) bond motifs is 1. The molecule has 0 bridgehead atoms. The first-order chi connectivity index (χ1) is 21.0. The second kappa shape index (κ2) is 13.0. The number of thioether (sulfide) groups is 1. The van der Waals surface area contributed by atoms with E-state index >= 15 is 0 Å². The van der Waals surface area contributed by atoms with Crippen molar-refractivity contribution < 1.29 is 9.59 Å². The Balaban J connectivity index is 1.06. The van der Waals surface area contributed by atoms with Crippen LogP contribution in [0.3, 0.4) is 0 Å². The number of hydrogen-bond donors (Lipinski definition) is 0. The number of para-hydroxylation sites is 1. The highest BCUT2D eigenvalue weighted by atomic mass is 35.5. The molecule has 1 saturated heterocycles. The minimum atomic E-state index is -0.0637. The Morgan fingerprint density at radius 2 is 1.63 bits per heavy atom. The molecule has 1 atom stereocenters. The quantitative estimate of drug-likeness (QED) is 0.140. The Morgan fingerprint density at radius 3 is 2.44 bits per heavy atom. The van der Waals surface area contributed by atoms with Gasteiger partial charge in [-0.25, -0.2) is 0 Å². The monoisotopic (exact) mass is 609 g/mol. The minimum Gasteiger partial charge on any atom is -0.339 e. The van der Waals surface area contributed by atoms with Crippen molar-refractivity contribution in [1.82, 2.24) is 24.6 Å². The van der Waals surface area contributed by atoms with E-state index in [0.29, 0.717) is 54.6 Å². The van der Waals surface area contributed by atoms with Gasteiger partial charge in [0.25, 0.3) is 5.91 Å². The normalized spacial score (nSPS) is 15.2. The van der Waals surface area contributed by atoms with E-state index in [1.165, 1.54) is 0 Å². The van der Waals surface area contributed by atoms with Gasteiger partial charge in [0, 0.05) is 54.7 Å². The lowest BCUT2D eigenvalue weighted by molar-refractivity contribution is -0.133. The van der Waals surface area contributed by atoms with Crippen LogP contribution in [0, 0.1) is 0 Å². The fourth-order valence-corrected chi connectivity index (χ4v) is 6.70. The molecular weight excluding hydrogens is 578 g/mol. The molecule has 5 aromatic rings. The van der Waals surface area contributed by atoms with E-state index in [1.54, 1.807) is 11.8 Å². The number of piperazine rings is 1. The van der Waals surface area contributed by atoms with Gasteiger partial charge >= 0.3 is 0 Å². The summed E-state index contributed by atoms with van der Waals surface area (Å²) in [5.74, 6) is 1.53. The summed E-state index contributed by atoms with van der Waals surface area (Å²) in [4.78, 5) is 30.4. The van der Waals surface area contributed by atoms with E-state index < -0.39 is 0 Å². The van der Waals surface area contributed by atoms with Gasteiger partial charge in [0.05, 0.1) is 5.02 Å². The third-order valence-electron chi connectivity index (χ3n) is 7.79. The molecular formula is C34H32ClN5O2S. The summed E-state index contributed by atoms with van der Waals surface area (Å²) in [6, 6.07) is 31.3. The maximum Gasteiger partial charge on any atom is 0.254 e. The van der Waals surface area contributed by atoms with E-state index in [4.69, 9.17) is 11.6 Å². The predicted molar refractivity (Wildman–Crippen MR) is 173 cm³/mol. The Labute approximate surface area is 260 Å². The SMILES string of the molecule is CC1CN(C(=O)CCCSc2nnc(-c3ccccc3Cl)n2-c2ccccc2)CCN1C(=O)c1cccc2ccccc12. The van der Waals surface area contributed by atoms with E-state index in [-0.39, 0.29) is 17.9 Å². The zero-order valence-corrected chi connectivity index (χ0v) is 25.5. The van der Waals surface area contributed by atoms with Crippen LogP contribution in [0.25, 0.3) is 27.8 Å². The first-order valence-electron chi connectivity index (χ1n) is 14.5. The maximum atomic E-state index is 13.5. The molecule has 0 saturated carbocycles. The number of benzene rings is 4. The van der Waals surface area contributed by atoms with Crippen molar-refractivity contribution in [2.45, 2.75) is 31.0 Å². The van der Waals surface area contributed by atoms with Gasteiger partial charge < -0.3 is 9.80 Å². The number of aromatic nitrogens is 3. The summed E-state index contributed by atoms with van der Waals surface area (Å²) in [7, 11) is 0. The number of halogens is 1. The highest BCUT2D eigenvalue weighted by molar-refractivity contribution is 7.99. The van der Waals surface area contributed by atoms with Crippen LogP contribution in [0.4, 0.5) is 0 Å². The third-order valence-corrected chi connectivity index (χ3v) is 9.13. The average molecular weight is 610 g/mol. The van der Waals surface area contributed by atoms with Gasteiger partial charge in [0.15, 0.2) is 11.0 Å². The molecule has 1 fully saturated rings. The van der Waals surface area contributed by atoms with Crippen molar-refractivity contribution in [3.05, 3.63) is 108 Å². The third kappa shape index (κ3) is 6.17. The molecule has 1 aromatic heterocycles. The van der Waals surface area contributed by atoms with Crippen molar-refractivity contribution in [2.24, 2.45) is 0 Å². The molecule has 0 aliphatic carbocycles. The van der Waals surface area contributed by atoms with E-state index in [9.17, 15) is 9.59 Å². The summed E-state index contributed by atoms with van der Waals surface area (Å²) in [6.07, 6.45) is 1.14. The second-order valence-corrected chi connectivity index (χ2v) is 12.1. The lowest BCUT2D eigenvalue weighted by Crippen LogP contribution is -2.55. The summed E-state index contributed by atoms with van der Waals surface area (Å²) in [5.41, 5.74) is 2.48. The summed E-state index contributed by atoms with van der Waals surface area (Å²) >= 11 is 8.08. The van der Waals surface area contributed by atoms with Crippen molar-refractivity contribution in [1.29, 1.82) is 0 Å². The molecule has 218 valence electrons. The van der Waals surface area contributed by atoms with Gasteiger partial charge in [0.1, 0.15) is 0 Å². The number of amides is 2. The molecule has 4 aromatic carbocycles. The fraction of sp³-hybridized carbons (Fsp3) is 0.235. The van der Waals surface area contributed by atoms with Crippen molar-refractivity contribution in [3.63, 3.8) is 0 Å². The highest BCUT2D eigenvalue weighted by Gasteiger charge is 2.30. The zero-order chi connectivity index (χ0) is 29.8. The number of carbonyl (C=O) groups excluding carboxylic acids is 2. The molecule has 7 nitrogen and oxygen atoms in total. The van der Waals surface area contributed by atoms with Gasteiger partial charge in [-0.05, 0) is 54.4 Å². The van der Waals surface area contributed by atoms with Crippen molar-refractivity contribution in [3.8, 4) is 17.1 Å². The molecule has 2 heterocycles. The van der Waals surface area contributed by atoms with Gasteiger partial charge in [-0.3, -0.25) is 14.2 Å². The summed E-state index contributed by atoms with van der Waals surface area (Å²) in [6.45, 7) is 3.61. The molecule has 1 aliphatic rings. The number of rotatable bonds is 8. The average Bonchev–Trinajstić information content (AvgIpc) is 3.46. The Bertz CT molecular complexity index is 1750. The molecule has 0 radical (unpaired) electrons. The lowest BCUT2D eigenvalue weighted by atomic mass is 10.0. The molecule has 1 aliphatic heterocycles. The van der Waals surface area contributed by atoms with Crippen LogP contribution in [0.2, 0.25) is 5.02 Å². The molecule has 0 spiro atoms. The second-order valence-electron chi connectivity index (χ2n) is 10.6. The first-order valence-corrected chi connectivity index (χ1v) is 15.8. The Hall–Kier alpha value is -4.14. The van der Waals surface area contributed by atoms with Crippen LogP contribution in [-0.2, 0) is 4.79 Å². The van der Waals surface area contributed by atoms with Gasteiger partial charge in [-0.15, -0.1) is 10.2 Å². The fourth-order valence-electron chi connectivity index (χ4n) is 5.59. The maximum absolute atomic E-state index is 13.5. The molecule has 2 amide bonds. The number of hydrogen-bond acceptors (Lipinski definition) is 5. The number of carbonyl (C=O) groups is 2. The van der Waals surface area contributed by atoms with Crippen molar-refractivity contribution in [2.75, 3.05) is 25.4 Å². The lowest BCUT2D eigenvalue weighted by Gasteiger charge is -2.40. The zero-order valence-electron chi connectivity index (χ0n) is 23.9. The molecule has 9 heteroatoms. The van der Waals surface area contributed by atoms with E-state index in [2.05, 4.69) is 10.2 Å². The highest BCUT2D eigenvalue weighted by Crippen LogP contribution is 2.32. The van der Waals surface area contributed by atoms with Crippen LogP contribution in [0.5, 0.6) is 0 Å². The predicted octanol–water partition coefficient (Wildman–Crippen LogP) is 6.99. The van der Waals surface area contributed by atoms with Crippen LogP contribution in [0.15, 0.2) is 102 Å². The van der Waals surface area contributed by atoms with Crippen LogP contribution in [0.1, 0.15) is 30.1 Å². The summed E-state index contributed by atoms with van der Waals surface area (Å²) in [5, 5.41) is 12.3. The first kappa shape index (κ1) is 29.0. The standard InChI is InChI=1S/C34H32ClN5O2S/c1-24-23-38(20-21-39(24)33(42)28-17-9-12-25-11-5-6-15-27(25)28)31(41)19-10-22-43-34-37-36-32(29-16-7-8-18-30(29)35)40(34)26-13-3-2-4-14-26/h2-9,11-18,24H,10,19-23H2,1H3. The largest absolute Gasteiger partial charge is 0.339 e. The minimum absolute atomic E-state index is 0.0199. The Kier molecular flexibility index (Phi) is 8.77. The summed E-state index contributed by atoms with van der Waals surface area (Å²) < 4.78 is 2.02. The van der Waals surface area contributed by atoms with Gasteiger partial charge in [0.2, 0.25) is 5.91 Å². The van der Waals surface area contributed by atoms with Gasteiger partial charge in [-0.1, -0.05) is 90.1 Å². The van der Waals surface area contributed by atoms with E-state index in [1.807, 2.05) is 118 Å². The topological polar surface area (TPSA) is 71.3 Å². The number of nitrogens with zero attached hydrogens (tertiary/aromatic N) is 5. The molecule has 6 rings (SSSR count). The molecule has 0 N–H and O–H groups in total. The van der Waals surface area contributed by atoms with E-state index in [0.717, 1.165) is 27.2 Å². The van der Waals surface area contributed by atoms with Gasteiger partial charge in [-0.2, -0.15) is 0 Å². The Morgan fingerprint density at radius 1 is 0.884 bits per heavy atom. The molecule has 43 heavy (non-hydrogen) atoms. The smallest absolute Gasteiger partial charge is 0.254 e. The van der Waals surface area contributed by atoms with Crippen LogP contribution < -0.4 is 0 Å². The van der Waals surface area contributed by atoms with Crippen LogP contribution >= 0.6 is 23.4 Å². The molecule has 1 unspecified atom stereocenters. The van der Waals surface area contributed by atoms with Crippen LogP contribution in [-0.4, -0.2) is 67.8 Å².